The molecular formula is C23H28N4O2. The van der Waals surface area contributed by atoms with Gasteiger partial charge in [0.2, 0.25) is 11.9 Å². The predicted octanol–water partition coefficient (Wildman–Crippen LogP) is 2.75. The van der Waals surface area contributed by atoms with Crippen LogP contribution >= 0.6 is 0 Å². The maximum Gasteiger partial charge on any atom is 0.225 e. The number of anilines is 1. The Hall–Kier alpha value is -2.47. The number of benzene rings is 1. The molecule has 2 fully saturated rings. The van der Waals surface area contributed by atoms with Crippen LogP contribution in [0, 0.1) is 0 Å². The van der Waals surface area contributed by atoms with Gasteiger partial charge < -0.3 is 14.5 Å². The first-order valence-corrected chi connectivity index (χ1v) is 10.7. The number of fused-ring (bicyclic) bond motifs is 2. The second kappa shape index (κ2) is 7.75. The second-order valence-corrected chi connectivity index (χ2v) is 8.50. The Bertz CT molecular complexity index is 858. The summed E-state index contributed by atoms with van der Waals surface area (Å²) < 4.78 is 5.40. The molecule has 152 valence electrons. The third kappa shape index (κ3) is 3.50. The largest absolute Gasteiger partial charge is 0.378 e. The lowest BCUT2D eigenvalue weighted by atomic mass is 9.73. The van der Waals surface area contributed by atoms with E-state index in [-0.39, 0.29) is 11.3 Å². The van der Waals surface area contributed by atoms with Crippen LogP contribution in [0.5, 0.6) is 0 Å². The van der Waals surface area contributed by atoms with Crippen molar-refractivity contribution in [1.29, 1.82) is 0 Å². The SMILES string of the molecule is O=C(C[C@H]1CC2(CCN(c3ncccn3)CC2)c2ccccc21)N1CCOCC1. The highest BCUT2D eigenvalue weighted by atomic mass is 16.5. The Balaban J connectivity index is 1.32. The molecule has 0 saturated carbocycles. The molecule has 1 atom stereocenters. The molecule has 6 heteroatoms. The summed E-state index contributed by atoms with van der Waals surface area (Å²) >= 11 is 0. The first kappa shape index (κ1) is 18.6. The van der Waals surface area contributed by atoms with E-state index in [0.29, 0.717) is 25.6 Å². The van der Waals surface area contributed by atoms with Crippen LogP contribution in [0.1, 0.15) is 42.7 Å². The molecule has 0 unspecified atom stereocenters. The molecule has 2 saturated heterocycles. The number of piperidine rings is 1. The molecule has 0 radical (unpaired) electrons. The van der Waals surface area contributed by atoms with Gasteiger partial charge in [-0.25, -0.2) is 9.97 Å². The van der Waals surface area contributed by atoms with E-state index in [2.05, 4.69) is 39.1 Å². The Kier molecular flexibility index (Phi) is 4.96. The molecule has 0 N–H and O–H groups in total. The summed E-state index contributed by atoms with van der Waals surface area (Å²) in [6.45, 7) is 4.70. The van der Waals surface area contributed by atoms with Crippen LogP contribution in [0.4, 0.5) is 5.95 Å². The third-order valence-electron chi connectivity index (χ3n) is 6.95. The standard InChI is InChI=1S/C23H28N4O2/c28-21(26-12-14-29-15-13-26)16-18-17-23(20-5-2-1-4-19(18)20)6-10-27(11-7-23)22-24-8-3-9-25-22/h1-5,8-9,18H,6-7,10-17H2/t18-/m0/s1. The second-order valence-electron chi connectivity index (χ2n) is 8.50. The van der Waals surface area contributed by atoms with Crippen LogP contribution < -0.4 is 4.90 Å². The first-order valence-electron chi connectivity index (χ1n) is 10.7. The average Bonchev–Trinajstić information content (AvgIpc) is 3.08. The summed E-state index contributed by atoms with van der Waals surface area (Å²) in [5, 5.41) is 0. The van der Waals surface area contributed by atoms with Crippen LogP contribution in [0.15, 0.2) is 42.7 Å². The van der Waals surface area contributed by atoms with Crippen LogP contribution in [-0.2, 0) is 14.9 Å². The van der Waals surface area contributed by atoms with Gasteiger partial charge in [-0.2, -0.15) is 0 Å². The maximum absolute atomic E-state index is 12.9. The Labute approximate surface area is 171 Å². The molecule has 1 amide bonds. The highest BCUT2D eigenvalue weighted by Gasteiger charge is 2.46. The molecule has 1 aromatic carbocycles. The average molecular weight is 393 g/mol. The van der Waals surface area contributed by atoms with Gasteiger partial charge in [-0.1, -0.05) is 24.3 Å². The van der Waals surface area contributed by atoms with E-state index in [9.17, 15) is 4.79 Å². The van der Waals surface area contributed by atoms with E-state index in [1.54, 1.807) is 0 Å². The van der Waals surface area contributed by atoms with Gasteiger partial charge in [-0.3, -0.25) is 4.79 Å². The van der Waals surface area contributed by atoms with E-state index < -0.39 is 0 Å². The van der Waals surface area contributed by atoms with E-state index in [0.717, 1.165) is 51.4 Å². The van der Waals surface area contributed by atoms with Crippen molar-refractivity contribution in [2.24, 2.45) is 0 Å². The number of hydrogen-bond acceptors (Lipinski definition) is 5. The molecule has 1 aromatic heterocycles. The highest BCUT2D eigenvalue weighted by molar-refractivity contribution is 5.77. The number of morpholine rings is 1. The minimum absolute atomic E-state index is 0.178. The van der Waals surface area contributed by atoms with Gasteiger partial charge in [-0.05, 0) is 47.8 Å². The van der Waals surface area contributed by atoms with E-state index in [1.165, 1.54) is 11.1 Å². The first-order chi connectivity index (χ1) is 14.3. The number of ether oxygens (including phenoxy) is 1. The number of carbonyl (C=O) groups is 1. The zero-order chi connectivity index (χ0) is 19.7. The number of hydrogen-bond donors (Lipinski definition) is 0. The molecule has 1 spiro atoms. The maximum atomic E-state index is 12.9. The molecule has 2 aliphatic heterocycles. The summed E-state index contributed by atoms with van der Waals surface area (Å²) in [5.41, 5.74) is 3.03. The van der Waals surface area contributed by atoms with Gasteiger partial charge >= 0.3 is 0 Å². The van der Waals surface area contributed by atoms with E-state index in [1.807, 2.05) is 23.4 Å². The molecule has 5 rings (SSSR count). The molecule has 2 aromatic rings. The number of carbonyl (C=O) groups excluding carboxylic acids is 1. The van der Waals surface area contributed by atoms with E-state index in [4.69, 9.17) is 4.74 Å². The Morgan fingerprint density at radius 3 is 2.52 bits per heavy atom. The fraction of sp³-hybridized carbons (Fsp3) is 0.522. The van der Waals surface area contributed by atoms with Crippen molar-refractivity contribution in [3.8, 4) is 0 Å². The smallest absolute Gasteiger partial charge is 0.225 e. The molecule has 3 heterocycles. The Morgan fingerprint density at radius 1 is 1.03 bits per heavy atom. The molecule has 0 bridgehead atoms. The third-order valence-corrected chi connectivity index (χ3v) is 6.95. The monoisotopic (exact) mass is 392 g/mol. The summed E-state index contributed by atoms with van der Waals surface area (Å²) in [6, 6.07) is 10.7. The fourth-order valence-electron chi connectivity index (χ4n) is 5.43. The minimum Gasteiger partial charge on any atom is -0.378 e. The molecule has 1 aliphatic carbocycles. The van der Waals surface area contributed by atoms with Crippen LogP contribution in [0.3, 0.4) is 0 Å². The number of aromatic nitrogens is 2. The summed E-state index contributed by atoms with van der Waals surface area (Å²) in [7, 11) is 0. The lowest BCUT2D eigenvalue weighted by molar-refractivity contribution is -0.135. The van der Waals surface area contributed by atoms with Crippen LogP contribution in [0.2, 0.25) is 0 Å². The lowest BCUT2D eigenvalue weighted by Gasteiger charge is -2.40. The van der Waals surface area contributed by atoms with Crippen molar-refractivity contribution < 1.29 is 9.53 Å². The highest BCUT2D eigenvalue weighted by Crippen LogP contribution is 2.52. The molecule has 6 nitrogen and oxygen atoms in total. The van der Waals surface area contributed by atoms with Gasteiger partial charge in [0.1, 0.15) is 0 Å². The normalized spacial score (nSPS) is 23.2. The molecule has 29 heavy (non-hydrogen) atoms. The zero-order valence-electron chi connectivity index (χ0n) is 16.8. The van der Waals surface area contributed by atoms with E-state index >= 15 is 0 Å². The summed E-state index contributed by atoms with van der Waals surface area (Å²) in [4.78, 5) is 26.0. The van der Waals surface area contributed by atoms with Gasteiger partial charge in [-0.15, -0.1) is 0 Å². The van der Waals surface area contributed by atoms with Crippen LogP contribution in [0.25, 0.3) is 0 Å². The minimum atomic E-state index is 0.178. The Morgan fingerprint density at radius 2 is 1.76 bits per heavy atom. The fourth-order valence-corrected chi connectivity index (χ4v) is 5.43. The van der Waals surface area contributed by atoms with Gasteiger partial charge in [0.05, 0.1) is 13.2 Å². The van der Waals surface area contributed by atoms with Crippen molar-refractivity contribution in [2.45, 2.75) is 37.0 Å². The van der Waals surface area contributed by atoms with Gasteiger partial charge in [0.15, 0.2) is 0 Å². The molecular weight excluding hydrogens is 364 g/mol. The number of rotatable bonds is 3. The topological polar surface area (TPSA) is 58.6 Å². The zero-order valence-corrected chi connectivity index (χ0v) is 16.8. The van der Waals surface area contributed by atoms with Gasteiger partial charge in [0.25, 0.3) is 0 Å². The van der Waals surface area contributed by atoms with Crippen molar-refractivity contribution in [3.05, 3.63) is 53.9 Å². The number of amides is 1. The van der Waals surface area contributed by atoms with Crippen LogP contribution in [-0.4, -0.2) is 60.2 Å². The van der Waals surface area contributed by atoms with Crippen molar-refractivity contribution in [3.63, 3.8) is 0 Å². The van der Waals surface area contributed by atoms with Crippen molar-refractivity contribution in [2.75, 3.05) is 44.3 Å². The summed E-state index contributed by atoms with van der Waals surface area (Å²) in [5.74, 6) is 1.43. The predicted molar refractivity (Wildman–Crippen MR) is 111 cm³/mol. The number of nitrogens with zero attached hydrogens (tertiary/aromatic N) is 4. The summed E-state index contributed by atoms with van der Waals surface area (Å²) in [6.07, 6.45) is 7.49. The molecule has 3 aliphatic rings. The van der Waals surface area contributed by atoms with Crippen molar-refractivity contribution in [1.82, 2.24) is 14.9 Å². The quantitative estimate of drug-likeness (QED) is 0.804. The lowest BCUT2D eigenvalue weighted by Crippen LogP contribution is -2.43. The van der Waals surface area contributed by atoms with Gasteiger partial charge in [0, 0.05) is 45.0 Å². The van der Waals surface area contributed by atoms with Crippen molar-refractivity contribution >= 4 is 11.9 Å².